The number of nitrogens with two attached hydrogens (primary N) is 1. The van der Waals surface area contributed by atoms with Gasteiger partial charge in [-0.1, -0.05) is 42.5 Å². The first kappa shape index (κ1) is 16.4. The first-order valence-corrected chi connectivity index (χ1v) is 8.05. The van der Waals surface area contributed by atoms with Crippen molar-refractivity contribution in [3.63, 3.8) is 0 Å². The van der Waals surface area contributed by atoms with E-state index in [0.29, 0.717) is 17.1 Å². The lowest BCUT2D eigenvalue weighted by molar-refractivity contribution is -0.384. The molecule has 0 radical (unpaired) electrons. The summed E-state index contributed by atoms with van der Waals surface area (Å²) in [5, 5.41) is 20.5. The van der Waals surface area contributed by atoms with Gasteiger partial charge in [-0.2, -0.15) is 10.2 Å². The molecule has 0 saturated heterocycles. The molecule has 4 rings (SSSR count). The molecule has 0 amide bonds. The Balaban J connectivity index is 1.84. The van der Waals surface area contributed by atoms with Crippen LogP contribution in [0.5, 0.6) is 5.88 Å². The Morgan fingerprint density at radius 3 is 2.52 bits per heavy atom. The number of nitro groups is 1. The predicted molar refractivity (Wildman–Crippen MR) is 96.4 cm³/mol. The van der Waals surface area contributed by atoms with E-state index in [1.165, 1.54) is 12.1 Å². The highest BCUT2D eigenvalue weighted by atomic mass is 16.6. The number of fused-ring (bicyclic) bond motifs is 1. The number of benzene rings is 2. The lowest BCUT2D eigenvalue weighted by Crippen LogP contribution is -2.21. The third-order valence-corrected chi connectivity index (χ3v) is 4.35. The lowest BCUT2D eigenvalue weighted by atomic mass is 9.88. The van der Waals surface area contributed by atoms with Crippen molar-refractivity contribution in [1.82, 2.24) is 9.97 Å². The molecule has 27 heavy (non-hydrogen) atoms. The third kappa shape index (κ3) is 2.77. The largest absolute Gasteiger partial charge is 0.420 e. The maximum absolute atomic E-state index is 10.9. The van der Waals surface area contributed by atoms with Gasteiger partial charge in [-0.15, -0.1) is 0 Å². The predicted octanol–water partition coefficient (Wildman–Crippen LogP) is 3.20. The number of allylic oxidation sites excluding steroid dienone is 1. The molecule has 0 fully saturated rings. The third-order valence-electron chi connectivity index (χ3n) is 4.35. The highest BCUT2D eigenvalue weighted by molar-refractivity contribution is 5.60. The number of nitrogens with one attached hydrogen (secondary N) is 1. The van der Waals surface area contributed by atoms with Crippen molar-refractivity contribution in [2.24, 2.45) is 5.73 Å². The maximum Gasteiger partial charge on any atom is 0.269 e. The van der Waals surface area contributed by atoms with Gasteiger partial charge in [-0.05, 0) is 5.56 Å². The Morgan fingerprint density at radius 1 is 1.19 bits per heavy atom. The molecule has 2 aromatic carbocycles. The minimum Gasteiger partial charge on any atom is -0.420 e. The van der Waals surface area contributed by atoms with E-state index >= 15 is 0 Å². The van der Waals surface area contributed by atoms with Crippen LogP contribution in [0.3, 0.4) is 0 Å². The van der Waals surface area contributed by atoms with Crippen molar-refractivity contribution in [2.45, 2.75) is 5.92 Å². The number of imidazole rings is 1. The van der Waals surface area contributed by atoms with Crippen molar-refractivity contribution in [3.05, 3.63) is 87.4 Å². The number of ether oxygens (including phenoxy) is 1. The number of aromatic nitrogens is 2. The standard InChI is InChI=1S/C19H13N5O3/c20-10-14-15(11-6-8-13(9-7-11)24(25)26)16-19(27-17(14)21)23-18(22-16)12-4-2-1-3-5-12/h1-9,15H,21H2,(H,22,23). The van der Waals surface area contributed by atoms with Crippen molar-refractivity contribution in [1.29, 1.82) is 5.26 Å². The molecular weight excluding hydrogens is 346 g/mol. The molecule has 2 heterocycles. The van der Waals surface area contributed by atoms with Gasteiger partial charge in [0.1, 0.15) is 17.5 Å². The zero-order valence-electron chi connectivity index (χ0n) is 13.9. The Bertz CT molecular complexity index is 1090. The molecule has 0 spiro atoms. The summed E-state index contributed by atoms with van der Waals surface area (Å²) in [7, 11) is 0. The van der Waals surface area contributed by atoms with E-state index in [4.69, 9.17) is 10.5 Å². The van der Waals surface area contributed by atoms with Gasteiger partial charge in [0.05, 0.1) is 16.5 Å². The highest BCUT2D eigenvalue weighted by Gasteiger charge is 2.34. The number of rotatable bonds is 3. The van der Waals surface area contributed by atoms with E-state index in [1.807, 2.05) is 30.3 Å². The number of nitrogens with zero attached hydrogens (tertiary/aromatic N) is 3. The molecule has 132 valence electrons. The summed E-state index contributed by atoms with van der Waals surface area (Å²) in [5.41, 5.74) is 8.23. The molecule has 1 aliphatic rings. The second-order valence-electron chi connectivity index (χ2n) is 5.94. The van der Waals surface area contributed by atoms with Gasteiger partial charge >= 0.3 is 0 Å². The van der Waals surface area contributed by atoms with Crippen LogP contribution in [0, 0.1) is 21.4 Å². The molecule has 0 bridgehead atoms. The van der Waals surface area contributed by atoms with Gasteiger partial charge in [0.2, 0.25) is 11.8 Å². The monoisotopic (exact) mass is 359 g/mol. The van der Waals surface area contributed by atoms with Crippen LogP contribution in [0.4, 0.5) is 5.69 Å². The van der Waals surface area contributed by atoms with E-state index in [-0.39, 0.29) is 23.0 Å². The summed E-state index contributed by atoms with van der Waals surface area (Å²) in [4.78, 5) is 18.1. The molecule has 8 nitrogen and oxygen atoms in total. The van der Waals surface area contributed by atoms with E-state index < -0.39 is 10.8 Å². The van der Waals surface area contributed by atoms with Gasteiger partial charge in [0.25, 0.3) is 5.69 Å². The van der Waals surface area contributed by atoms with Crippen molar-refractivity contribution >= 4 is 5.69 Å². The van der Waals surface area contributed by atoms with Crippen LogP contribution in [0.2, 0.25) is 0 Å². The zero-order chi connectivity index (χ0) is 19.0. The molecule has 1 aromatic heterocycles. The first-order chi connectivity index (χ1) is 13.1. The quantitative estimate of drug-likeness (QED) is 0.545. The Kier molecular flexibility index (Phi) is 3.82. The summed E-state index contributed by atoms with van der Waals surface area (Å²) in [6.45, 7) is 0. The molecule has 3 N–H and O–H groups in total. The fraction of sp³-hybridized carbons (Fsp3) is 0.0526. The van der Waals surface area contributed by atoms with Gasteiger partial charge < -0.3 is 15.5 Å². The number of nitro benzene ring substituents is 1. The topological polar surface area (TPSA) is 131 Å². The molecular formula is C19H13N5O3. The summed E-state index contributed by atoms with van der Waals surface area (Å²) in [6.07, 6.45) is 0. The van der Waals surface area contributed by atoms with E-state index in [2.05, 4.69) is 16.0 Å². The number of non-ortho nitro benzene ring substituents is 1. The summed E-state index contributed by atoms with van der Waals surface area (Å²) in [6, 6.07) is 17.5. The van der Waals surface area contributed by atoms with Crippen molar-refractivity contribution in [3.8, 4) is 23.3 Å². The minimum atomic E-state index is -0.551. The number of nitriles is 1. The average Bonchev–Trinajstić information content (AvgIpc) is 3.11. The van der Waals surface area contributed by atoms with Gasteiger partial charge in [-0.3, -0.25) is 10.1 Å². The molecule has 1 atom stereocenters. The zero-order valence-corrected chi connectivity index (χ0v) is 13.9. The fourth-order valence-electron chi connectivity index (χ4n) is 3.06. The van der Waals surface area contributed by atoms with Crippen LogP contribution >= 0.6 is 0 Å². The second-order valence-corrected chi connectivity index (χ2v) is 5.94. The van der Waals surface area contributed by atoms with Gasteiger partial charge in [-0.25, -0.2) is 0 Å². The van der Waals surface area contributed by atoms with E-state index in [9.17, 15) is 15.4 Å². The first-order valence-electron chi connectivity index (χ1n) is 8.05. The molecule has 8 heteroatoms. The molecule has 3 aromatic rings. The fourth-order valence-corrected chi connectivity index (χ4v) is 3.06. The van der Waals surface area contributed by atoms with Crippen molar-refractivity contribution in [2.75, 3.05) is 0 Å². The summed E-state index contributed by atoms with van der Waals surface area (Å²) in [5.74, 6) is 0.289. The summed E-state index contributed by atoms with van der Waals surface area (Å²) < 4.78 is 5.54. The molecule has 1 aliphatic heterocycles. The Hall–Kier alpha value is -4.12. The molecule has 0 saturated carbocycles. The van der Waals surface area contributed by atoms with Gasteiger partial charge in [0, 0.05) is 17.7 Å². The van der Waals surface area contributed by atoms with Crippen LogP contribution in [-0.2, 0) is 0 Å². The average molecular weight is 359 g/mol. The van der Waals surface area contributed by atoms with Crippen LogP contribution in [0.15, 0.2) is 66.1 Å². The Morgan fingerprint density at radius 2 is 1.89 bits per heavy atom. The van der Waals surface area contributed by atoms with Crippen LogP contribution < -0.4 is 10.5 Å². The van der Waals surface area contributed by atoms with E-state index in [0.717, 1.165) is 5.56 Å². The van der Waals surface area contributed by atoms with Crippen LogP contribution in [-0.4, -0.2) is 14.9 Å². The molecule has 0 aliphatic carbocycles. The number of H-pyrrole nitrogens is 1. The highest BCUT2D eigenvalue weighted by Crippen LogP contribution is 2.42. The molecule has 1 unspecified atom stereocenters. The van der Waals surface area contributed by atoms with Crippen LogP contribution in [0.25, 0.3) is 11.4 Å². The SMILES string of the molecule is N#CC1=C(N)Oc2nc(-c3ccccc3)[nH]c2C1c1ccc([N+](=O)[O-])cc1. The lowest BCUT2D eigenvalue weighted by Gasteiger charge is -2.22. The minimum absolute atomic E-state index is 0.0283. The number of hydrogen-bond acceptors (Lipinski definition) is 6. The van der Waals surface area contributed by atoms with Crippen molar-refractivity contribution < 1.29 is 9.66 Å². The second kappa shape index (κ2) is 6.31. The number of aromatic amines is 1. The Labute approximate surface area is 153 Å². The smallest absolute Gasteiger partial charge is 0.269 e. The normalized spacial score (nSPS) is 15.6. The summed E-state index contributed by atoms with van der Waals surface area (Å²) >= 11 is 0. The maximum atomic E-state index is 10.9. The van der Waals surface area contributed by atoms with Gasteiger partial charge in [0.15, 0.2) is 0 Å². The van der Waals surface area contributed by atoms with E-state index in [1.54, 1.807) is 12.1 Å². The number of hydrogen-bond donors (Lipinski definition) is 2. The van der Waals surface area contributed by atoms with Crippen LogP contribution in [0.1, 0.15) is 17.2 Å².